The Balaban J connectivity index is 1.61. The highest BCUT2D eigenvalue weighted by Crippen LogP contribution is 2.26. The second-order valence-corrected chi connectivity index (χ2v) is 7.31. The number of amides is 1. The third kappa shape index (κ3) is 3.70. The molecule has 1 aliphatic rings. The zero-order chi connectivity index (χ0) is 15.4. The zero-order valence-corrected chi connectivity index (χ0v) is 14.1. The van der Waals surface area contributed by atoms with Gasteiger partial charge in [-0.25, -0.2) is 9.97 Å². The maximum atomic E-state index is 12.4. The van der Waals surface area contributed by atoms with Crippen LogP contribution >= 0.6 is 23.1 Å². The first-order valence-corrected chi connectivity index (χ1v) is 9.52. The van der Waals surface area contributed by atoms with Crippen molar-refractivity contribution in [2.24, 2.45) is 0 Å². The first-order chi connectivity index (χ1) is 10.7. The van der Waals surface area contributed by atoms with Gasteiger partial charge in [0.05, 0.1) is 11.1 Å². The molecule has 2 N–H and O–H groups in total. The number of nitrogens with two attached hydrogens (primary N) is 1. The van der Waals surface area contributed by atoms with E-state index >= 15 is 0 Å². The second kappa shape index (κ2) is 7.28. The van der Waals surface area contributed by atoms with Gasteiger partial charge in [-0.2, -0.15) is 0 Å². The van der Waals surface area contributed by atoms with Gasteiger partial charge >= 0.3 is 0 Å². The Labute approximate surface area is 138 Å². The highest BCUT2D eigenvalue weighted by Gasteiger charge is 2.16. The number of carbonyl (C=O) groups excluding carboxylic acids is 1. The Morgan fingerprint density at radius 2 is 1.95 bits per heavy atom. The number of thiophene rings is 1. The number of rotatable bonds is 3. The van der Waals surface area contributed by atoms with Gasteiger partial charge < -0.3 is 10.6 Å². The fraction of sp³-hybridized carbons (Fsp3) is 0.533. The van der Waals surface area contributed by atoms with E-state index < -0.39 is 0 Å². The molecule has 118 valence electrons. The largest absolute Gasteiger partial charge is 0.383 e. The molecule has 2 aromatic rings. The first-order valence-electron chi connectivity index (χ1n) is 7.65. The van der Waals surface area contributed by atoms with E-state index in [1.165, 1.54) is 31.0 Å². The summed E-state index contributed by atoms with van der Waals surface area (Å²) in [6, 6.07) is 1.93. The van der Waals surface area contributed by atoms with Crippen LogP contribution in [0.15, 0.2) is 16.6 Å². The molecule has 0 aliphatic carbocycles. The van der Waals surface area contributed by atoms with Crippen LogP contribution in [0.4, 0.5) is 5.82 Å². The van der Waals surface area contributed by atoms with Crippen molar-refractivity contribution in [3.8, 4) is 0 Å². The van der Waals surface area contributed by atoms with E-state index in [0.29, 0.717) is 16.7 Å². The van der Waals surface area contributed by atoms with Crippen molar-refractivity contribution in [3.05, 3.63) is 11.4 Å². The predicted octanol–water partition coefficient (Wildman–Crippen LogP) is 3.16. The normalized spacial score (nSPS) is 16.5. The SMILES string of the molecule is Nc1nc(SCC(=O)N2CCCCCCC2)nc2sccc12. The van der Waals surface area contributed by atoms with E-state index in [1.807, 2.05) is 16.3 Å². The monoisotopic (exact) mass is 336 g/mol. The fourth-order valence-corrected chi connectivity index (χ4v) is 4.22. The van der Waals surface area contributed by atoms with Gasteiger partial charge in [-0.05, 0) is 24.3 Å². The van der Waals surface area contributed by atoms with Crippen molar-refractivity contribution >= 4 is 45.0 Å². The summed E-state index contributed by atoms with van der Waals surface area (Å²) < 4.78 is 0. The molecule has 1 aliphatic heterocycles. The van der Waals surface area contributed by atoms with Gasteiger partial charge in [0, 0.05) is 13.1 Å². The molecule has 0 aromatic carbocycles. The van der Waals surface area contributed by atoms with Gasteiger partial charge in [-0.15, -0.1) is 11.3 Å². The van der Waals surface area contributed by atoms with Crippen LogP contribution in [0.1, 0.15) is 32.1 Å². The minimum absolute atomic E-state index is 0.181. The predicted molar refractivity (Wildman–Crippen MR) is 92.2 cm³/mol. The molecule has 22 heavy (non-hydrogen) atoms. The number of hydrogen-bond donors (Lipinski definition) is 1. The van der Waals surface area contributed by atoms with E-state index in [9.17, 15) is 4.79 Å². The van der Waals surface area contributed by atoms with Gasteiger partial charge in [0.25, 0.3) is 0 Å². The maximum absolute atomic E-state index is 12.4. The summed E-state index contributed by atoms with van der Waals surface area (Å²) in [6.45, 7) is 1.76. The molecule has 5 nitrogen and oxygen atoms in total. The van der Waals surface area contributed by atoms with E-state index in [1.54, 1.807) is 11.3 Å². The van der Waals surface area contributed by atoms with Gasteiger partial charge in [0.2, 0.25) is 5.91 Å². The fourth-order valence-electron chi connectivity index (χ4n) is 2.64. The number of nitrogens with zero attached hydrogens (tertiary/aromatic N) is 3. The number of nitrogen functional groups attached to an aromatic ring is 1. The molecule has 1 fully saturated rings. The molecule has 0 spiro atoms. The van der Waals surface area contributed by atoms with Crippen LogP contribution in [0.2, 0.25) is 0 Å². The molecule has 0 unspecified atom stereocenters. The van der Waals surface area contributed by atoms with Crippen LogP contribution in [0.25, 0.3) is 10.2 Å². The number of likely N-dealkylation sites (tertiary alicyclic amines) is 1. The Bertz CT molecular complexity index is 650. The highest BCUT2D eigenvalue weighted by atomic mass is 32.2. The van der Waals surface area contributed by atoms with Crippen molar-refractivity contribution in [2.45, 2.75) is 37.3 Å². The van der Waals surface area contributed by atoms with Crippen LogP contribution < -0.4 is 5.73 Å². The number of thioether (sulfide) groups is 1. The van der Waals surface area contributed by atoms with Gasteiger partial charge in [-0.3, -0.25) is 4.79 Å². The van der Waals surface area contributed by atoms with Crippen LogP contribution in [0, 0.1) is 0 Å². The lowest BCUT2D eigenvalue weighted by Crippen LogP contribution is -2.35. The topological polar surface area (TPSA) is 72.1 Å². The van der Waals surface area contributed by atoms with Crippen LogP contribution in [-0.2, 0) is 4.79 Å². The molecule has 7 heteroatoms. The molecule has 1 amide bonds. The molecular weight excluding hydrogens is 316 g/mol. The lowest BCUT2D eigenvalue weighted by Gasteiger charge is -2.24. The molecule has 0 saturated carbocycles. The van der Waals surface area contributed by atoms with Crippen molar-refractivity contribution in [1.82, 2.24) is 14.9 Å². The smallest absolute Gasteiger partial charge is 0.233 e. The van der Waals surface area contributed by atoms with E-state index in [4.69, 9.17) is 5.73 Å². The number of fused-ring (bicyclic) bond motifs is 1. The summed E-state index contributed by atoms with van der Waals surface area (Å²) >= 11 is 2.92. The molecule has 0 atom stereocenters. The Kier molecular flexibility index (Phi) is 5.15. The standard InChI is InChI=1S/C15H20N4OS2/c16-13-11-6-9-21-14(11)18-15(17-13)22-10-12(20)19-7-4-2-1-3-5-8-19/h6,9H,1-5,7-8,10H2,(H2,16,17,18). The Morgan fingerprint density at radius 3 is 2.73 bits per heavy atom. The van der Waals surface area contributed by atoms with Gasteiger partial charge in [-0.1, -0.05) is 31.0 Å². The molecule has 3 heterocycles. The molecular formula is C15H20N4OS2. The van der Waals surface area contributed by atoms with Crippen LogP contribution in [0.5, 0.6) is 0 Å². The summed E-state index contributed by atoms with van der Waals surface area (Å²) in [5, 5.41) is 3.44. The summed E-state index contributed by atoms with van der Waals surface area (Å²) in [5.41, 5.74) is 5.94. The summed E-state index contributed by atoms with van der Waals surface area (Å²) in [5.74, 6) is 1.06. The first kappa shape index (κ1) is 15.6. The van der Waals surface area contributed by atoms with Gasteiger partial charge in [0.15, 0.2) is 5.16 Å². The lowest BCUT2D eigenvalue weighted by molar-refractivity contribution is -0.128. The second-order valence-electron chi connectivity index (χ2n) is 5.47. The molecule has 0 bridgehead atoms. The van der Waals surface area contributed by atoms with E-state index in [0.717, 1.165) is 36.1 Å². The van der Waals surface area contributed by atoms with Crippen molar-refractivity contribution < 1.29 is 4.79 Å². The summed E-state index contributed by atoms with van der Waals surface area (Å²) in [7, 11) is 0. The lowest BCUT2D eigenvalue weighted by atomic mass is 10.1. The highest BCUT2D eigenvalue weighted by molar-refractivity contribution is 7.99. The third-order valence-corrected chi connectivity index (χ3v) is 5.51. The molecule has 3 rings (SSSR count). The Hall–Kier alpha value is -1.34. The molecule has 0 radical (unpaired) electrons. The molecule has 2 aromatic heterocycles. The minimum atomic E-state index is 0.181. The number of aromatic nitrogens is 2. The van der Waals surface area contributed by atoms with Crippen LogP contribution in [-0.4, -0.2) is 39.6 Å². The minimum Gasteiger partial charge on any atom is -0.383 e. The Morgan fingerprint density at radius 1 is 1.23 bits per heavy atom. The quantitative estimate of drug-likeness (QED) is 0.688. The maximum Gasteiger partial charge on any atom is 0.233 e. The van der Waals surface area contributed by atoms with E-state index in [2.05, 4.69) is 9.97 Å². The zero-order valence-electron chi connectivity index (χ0n) is 12.5. The molecule has 1 saturated heterocycles. The third-order valence-electron chi connectivity index (χ3n) is 3.87. The average molecular weight is 336 g/mol. The summed E-state index contributed by atoms with van der Waals surface area (Å²) in [4.78, 5) is 24.0. The van der Waals surface area contributed by atoms with Crippen molar-refractivity contribution in [1.29, 1.82) is 0 Å². The summed E-state index contributed by atoms with van der Waals surface area (Å²) in [6.07, 6.45) is 5.98. The van der Waals surface area contributed by atoms with E-state index in [-0.39, 0.29) is 5.91 Å². The number of carbonyl (C=O) groups is 1. The van der Waals surface area contributed by atoms with Gasteiger partial charge in [0.1, 0.15) is 10.6 Å². The number of hydrogen-bond acceptors (Lipinski definition) is 6. The number of anilines is 1. The van der Waals surface area contributed by atoms with Crippen molar-refractivity contribution in [3.63, 3.8) is 0 Å². The average Bonchev–Trinajstić information content (AvgIpc) is 2.93. The van der Waals surface area contributed by atoms with Crippen LogP contribution in [0.3, 0.4) is 0 Å². The van der Waals surface area contributed by atoms with Crippen molar-refractivity contribution in [2.75, 3.05) is 24.6 Å².